The van der Waals surface area contributed by atoms with Gasteiger partial charge in [0, 0.05) is 19.2 Å². The van der Waals surface area contributed by atoms with Crippen molar-refractivity contribution in [1.82, 2.24) is 4.90 Å². The number of rotatable bonds is 1. The van der Waals surface area contributed by atoms with Crippen LogP contribution in [0.1, 0.15) is 0 Å². The first-order chi connectivity index (χ1) is 7.25. The van der Waals surface area contributed by atoms with Gasteiger partial charge in [0.1, 0.15) is 0 Å². The number of amides is 2. The summed E-state index contributed by atoms with van der Waals surface area (Å²) in [6.07, 6.45) is 0. The van der Waals surface area contributed by atoms with Crippen LogP contribution in [0.15, 0.2) is 21.2 Å². The number of ether oxygens (including phenoxy) is 1. The van der Waals surface area contributed by atoms with Crippen LogP contribution in [0.25, 0.3) is 0 Å². The van der Waals surface area contributed by atoms with Crippen molar-refractivity contribution in [2.75, 3.05) is 31.6 Å². The first-order valence-electron chi connectivity index (χ1n) is 4.65. The first-order valence-corrected chi connectivity index (χ1v) is 5.44. The van der Waals surface area contributed by atoms with Gasteiger partial charge in [-0.25, -0.2) is 4.79 Å². The summed E-state index contributed by atoms with van der Waals surface area (Å²) in [6, 6.07) is 3.28. The molecular formula is C9H11BrN2O3. The van der Waals surface area contributed by atoms with Crippen molar-refractivity contribution < 1.29 is 13.9 Å². The summed E-state index contributed by atoms with van der Waals surface area (Å²) in [5.41, 5.74) is 0. The molecular weight excluding hydrogens is 264 g/mol. The average Bonchev–Trinajstić information content (AvgIpc) is 2.65. The van der Waals surface area contributed by atoms with Crippen molar-refractivity contribution in [1.29, 1.82) is 0 Å². The zero-order valence-corrected chi connectivity index (χ0v) is 9.62. The van der Waals surface area contributed by atoms with E-state index in [-0.39, 0.29) is 6.03 Å². The van der Waals surface area contributed by atoms with Gasteiger partial charge < -0.3 is 14.1 Å². The average molecular weight is 275 g/mol. The van der Waals surface area contributed by atoms with Crippen LogP contribution in [0, 0.1) is 0 Å². The molecule has 6 heteroatoms. The lowest BCUT2D eigenvalue weighted by Gasteiger charge is -2.26. The molecule has 1 aliphatic heterocycles. The highest BCUT2D eigenvalue weighted by Gasteiger charge is 2.17. The van der Waals surface area contributed by atoms with Crippen molar-refractivity contribution in [3.8, 4) is 0 Å². The second kappa shape index (κ2) is 4.67. The third kappa shape index (κ3) is 2.73. The van der Waals surface area contributed by atoms with Gasteiger partial charge in [-0.1, -0.05) is 0 Å². The first kappa shape index (κ1) is 10.5. The van der Waals surface area contributed by atoms with Gasteiger partial charge in [0.25, 0.3) is 0 Å². The number of hydrogen-bond acceptors (Lipinski definition) is 3. The number of hydrogen-bond donors (Lipinski definition) is 1. The van der Waals surface area contributed by atoms with Crippen LogP contribution >= 0.6 is 15.9 Å². The Morgan fingerprint density at radius 1 is 1.40 bits per heavy atom. The van der Waals surface area contributed by atoms with Gasteiger partial charge >= 0.3 is 6.03 Å². The monoisotopic (exact) mass is 274 g/mol. The Labute approximate surface area is 95.5 Å². The second-order valence-electron chi connectivity index (χ2n) is 3.13. The van der Waals surface area contributed by atoms with Crippen LogP contribution in [-0.2, 0) is 4.74 Å². The number of nitrogens with zero attached hydrogens (tertiary/aromatic N) is 1. The molecule has 0 bridgehead atoms. The fourth-order valence-electron chi connectivity index (χ4n) is 1.33. The van der Waals surface area contributed by atoms with E-state index in [0.29, 0.717) is 36.9 Å². The van der Waals surface area contributed by atoms with Gasteiger partial charge in [0.05, 0.1) is 13.2 Å². The van der Waals surface area contributed by atoms with E-state index < -0.39 is 0 Å². The molecule has 0 spiro atoms. The molecule has 2 heterocycles. The van der Waals surface area contributed by atoms with Crippen molar-refractivity contribution in [2.24, 2.45) is 0 Å². The van der Waals surface area contributed by atoms with Crippen molar-refractivity contribution in [3.05, 3.63) is 16.8 Å². The number of urea groups is 1. The minimum Gasteiger partial charge on any atom is -0.434 e. The maximum atomic E-state index is 11.7. The number of furan rings is 1. The molecule has 0 aromatic carbocycles. The highest BCUT2D eigenvalue weighted by atomic mass is 79.9. The molecule has 0 unspecified atom stereocenters. The van der Waals surface area contributed by atoms with E-state index in [1.54, 1.807) is 17.0 Å². The van der Waals surface area contributed by atoms with Crippen LogP contribution in [0.3, 0.4) is 0 Å². The lowest BCUT2D eigenvalue weighted by molar-refractivity contribution is 0.0563. The van der Waals surface area contributed by atoms with Gasteiger partial charge in [-0.3, -0.25) is 5.32 Å². The Kier molecular flexibility index (Phi) is 3.27. The quantitative estimate of drug-likeness (QED) is 0.851. The molecule has 0 saturated carbocycles. The summed E-state index contributed by atoms with van der Waals surface area (Å²) < 4.78 is 10.9. The van der Waals surface area contributed by atoms with Crippen molar-refractivity contribution >= 4 is 27.8 Å². The maximum Gasteiger partial charge on any atom is 0.324 e. The SMILES string of the molecule is O=C(Nc1ccc(Br)o1)N1CCOCC1. The standard InChI is InChI=1S/C9H11BrN2O3/c10-7-1-2-8(15-7)11-9(13)12-3-5-14-6-4-12/h1-2H,3-6H2,(H,11,13). The number of morpholine rings is 1. The summed E-state index contributed by atoms with van der Waals surface area (Å²) in [5.74, 6) is 0.443. The topological polar surface area (TPSA) is 54.7 Å². The fourth-order valence-corrected chi connectivity index (χ4v) is 1.64. The maximum absolute atomic E-state index is 11.7. The molecule has 2 amide bonds. The lowest BCUT2D eigenvalue weighted by Crippen LogP contribution is -2.42. The number of nitrogens with one attached hydrogen (secondary N) is 1. The molecule has 1 saturated heterocycles. The molecule has 1 fully saturated rings. The molecule has 82 valence electrons. The largest absolute Gasteiger partial charge is 0.434 e. The molecule has 1 aromatic heterocycles. The van der Waals surface area contributed by atoms with Crippen LogP contribution in [0.5, 0.6) is 0 Å². The van der Waals surface area contributed by atoms with E-state index in [9.17, 15) is 4.79 Å². The summed E-state index contributed by atoms with van der Waals surface area (Å²) in [5, 5.41) is 2.67. The Bertz CT molecular complexity index is 347. The Balaban J connectivity index is 1.91. The van der Waals surface area contributed by atoms with E-state index in [1.165, 1.54) is 0 Å². The normalized spacial score (nSPS) is 16.5. The van der Waals surface area contributed by atoms with Gasteiger partial charge in [0.15, 0.2) is 4.67 Å². The molecule has 15 heavy (non-hydrogen) atoms. The van der Waals surface area contributed by atoms with Gasteiger partial charge in [-0.15, -0.1) is 0 Å². The van der Waals surface area contributed by atoms with Crippen molar-refractivity contribution in [3.63, 3.8) is 0 Å². The van der Waals surface area contributed by atoms with E-state index in [4.69, 9.17) is 9.15 Å². The van der Waals surface area contributed by atoms with Gasteiger partial charge in [-0.05, 0) is 22.0 Å². The van der Waals surface area contributed by atoms with Crippen LogP contribution in [-0.4, -0.2) is 37.2 Å². The smallest absolute Gasteiger partial charge is 0.324 e. The van der Waals surface area contributed by atoms with E-state index in [0.717, 1.165) is 0 Å². The second-order valence-corrected chi connectivity index (χ2v) is 3.91. The predicted molar refractivity (Wildman–Crippen MR) is 57.8 cm³/mol. The summed E-state index contributed by atoms with van der Waals surface area (Å²) in [7, 11) is 0. The number of carbonyl (C=O) groups is 1. The highest BCUT2D eigenvalue weighted by molar-refractivity contribution is 9.10. The highest BCUT2D eigenvalue weighted by Crippen LogP contribution is 2.18. The van der Waals surface area contributed by atoms with E-state index in [1.807, 2.05) is 0 Å². The van der Waals surface area contributed by atoms with Crippen LogP contribution < -0.4 is 5.32 Å². The summed E-state index contributed by atoms with van der Waals surface area (Å²) in [4.78, 5) is 13.4. The molecule has 1 aromatic rings. The third-order valence-corrected chi connectivity index (χ3v) is 2.53. The number of halogens is 1. The molecule has 1 N–H and O–H groups in total. The number of anilines is 1. The van der Waals surface area contributed by atoms with Crippen LogP contribution in [0.4, 0.5) is 10.7 Å². The van der Waals surface area contributed by atoms with Crippen LogP contribution in [0.2, 0.25) is 0 Å². The fraction of sp³-hybridized carbons (Fsp3) is 0.444. The van der Waals surface area contributed by atoms with E-state index >= 15 is 0 Å². The molecule has 0 aliphatic carbocycles. The molecule has 5 nitrogen and oxygen atoms in total. The summed E-state index contributed by atoms with van der Waals surface area (Å²) in [6.45, 7) is 2.42. The molecule has 1 aliphatic rings. The zero-order valence-electron chi connectivity index (χ0n) is 8.03. The zero-order chi connectivity index (χ0) is 10.7. The minimum absolute atomic E-state index is 0.153. The Morgan fingerprint density at radius 2 is 2.13 bits per heavy atom. The van der Waals surface area contributed by atoms with Crippen molar-refractivity contribution in [2.45, 2.75) is 0 Å². The van der Waals surface area contributed by atoms with Gasteiger partial charge in [0.2, 0.25) is 5.88 Å². The Hall–Kier alpha value is -1.01. The van der Waals surface area contributed by atoms with E-state index in [2.05, 4.69) is 21.2 Å². The molecule has 2 rings (SSSR count). The molecule has 0 radical (unpaired) electrons. The van der Waals surface area contributed by atoms with Gasteiger partial charge in [-0.2, -0.15) is 0 Å². The Morgan fingerprint density at radius 3 is 2.73 bits per heavy atom. The third-order valence-electron chi connectivity index (χ3n) is 2.10. The lowest BCUT2D eigenvalue weighted by atomic mass is 10.4. The minimum atomic E-state index is -0.153. The number of carbonyl (C=O) groups excluding carboxylic acids is 1. The molecule has 0 atom stereocenters. The predicted octanol–water partition coefficient (Wildman–Crippen LogP) is 1.91. The summed E-state index contributed by atoms with van der Waals surface area (Å²) >= 11 is 3.17.